The number of nitrogens with two attached hydrogens (primary N) is 1. The van der Waals surface area contributed by atoms with Gasteiger partial charge in [-0.3, -0.25) is 0 Å². The first-order chi connectivity index (χ1) is 11.7. The summed E-state index contributed by atoms with van der Waals surface area (Å²) in [6, 6.07) is 11.4. The summed E-state index contributed by atoms with van der Waals surface area (Å²) in [5.74, 6) is 2.16. The zero-order valence-electron chi connectivity index (χ0n) is 13.2. The number of hydrogen-bond acceptors (Lipinski definition) is 5. The zero-order valence-corrected chi connectivity index (χ0v) is 13.2. The van der Waals surface area contributed by atoms with Crippen LogP contribution < -0.4 is 15.2 Å². The van der Waals surface area contributed by atoms with Gasteiger partial charge in [-0.15, -0.1) is 0 Å². The average molecular weight is 325 g/mol. The molecule has 0 spiro atoms. The summed E-state index contributed by atoms with van der Waals surface area (Å²) < 4.78 is 10.7. The van der Waals surface area contributed by atoms with E-state index in [0.29, 0.717) is 11.6 Å². The Hall–Kier alpha value is -2.57. The third-order valence-corrected chi connectivity index (χ3v) is 4.24. The number of aromatic amines is 1. The number of nitrogens with one attached hydrogen (secondary N) is 1. The largest absolute Gasteiger partial charge is 0.454 e. The van der Waals surface area contributed by atoms with E-state index in [1.807, 2.05) is 30.3 Å². The molecule has 1 aliphatic rings. The summed E-state index contributed by atoms with van der Waals surface area (Å²) in [5.41, 5.74) is 10.3. The first kappa shape index (κ1) is 15.0. The van der Waals surface area contributed by atoms with Gasteiger partial charge < -0.3 is 25.3 Å². The smallest absolute Gasteiger partial charge is 0.231 e. The Morgan fingerprint density at radius 3 is 2.92 bits per heavy atom. The van der Waals surface area contributed by atoms with Gasteiger partial charge in [-0.2, -0.15) is 0 Å². The number of imidazole rings is 1. The summed E-state index contributed by atoms with van der Waals surface area (Å²) >= 11 is 0. The van der Waals surface area contributed by atoms with Crippen LogP contribution in [0.15, 0.2) is 36.4 Å². The Labute approximate surface area is 139 Å². The number of aliphatic hydroxyl groups excluding tert-OH is 1. The molecule has 124 valence electrons. The number of aliphatic hydroxyl groups is 1. The molecule has 1 atom stereocenters. The van der Waals surface area contributed by atoms with E-state index in [4.69, 9.17) is 20.3 Å². The molecule has 1 unspecified atom stereocenters. The van der Waals surface area contributed by atoms with Crippen molar-refractivity contribution in [2.24, 2.45) is 5.73 Å². The minimum absolute atomic E-state index is 0.196. The highest BCUT2D eigenvalue weighted by molar-refractivity contribution is 5.76. The van der Waals surface area contributed by atoms with Crippen LogP contribution in [0.2, 0.25) is 0 Å². The molecule has 1 aliphatic heterocycles. The molecule has 0 aliphatic carbocycles. The molecular weight excluding hydrogens is 306 g/mol. The molecule has 0 radical (unpaired) electrons. The van der Waals surface area contributed by atoms with Crippen molar-refractivity contribution in [3.05, 3.63) is 53.3 Å². The standard InChI is InChI=1S/C18H19N3O3/c19-17(12-4-6-15-16(9-12)24-10-23-15)18-20-13-5-3-11(2-1-7-22)8-14(13)21-18/h3-6,8-9,17,22H,1-2,7,10,19H2,(H,20,21). The molecule has 3 aromatic rings. The normalized spacial score (nSPS) is 14.2. The fourth-order valence-electron chi connectivity index (χ4n) is 2.93. The number of nitrogens with zero attached hydrogens (tertiary/aromatic N) is 1. The SMILES string of the molecule is NC(c1ccc2c(c1)OCO2)c1nc2ccc(CCCO)cc2[nH]1. The van der Waals surface area contributed by atoms with Gasteiger partial charge in [0, 0.05) is 6.61 Å². The van der Waals surface area contributed by atoms with Crippen molar-refractivity contribution in [2.75, 3.05) is 13.4 Å². The Balaban J connectivity index is 1.63. The maximum atomic E-state index is 8.95. The average Bonchev–Trinajstić information content (AvgIpc) is 3.24. The van der Waals surface area contributed by atoms with Crippen molar-refractivity contribution in [3.8, 4) is 11.5 Å². The van der Waals surface area contributed by atoms with Crippen molar-refractivity contribution >= 4 is 11.0 Å². The van der Waals surface area contributed by atoms with Crippen LogP contribution in [0.1, 0.15) is 29.4 Å². The van der Waals surface area contributed by atoms with Crippen molar-refractivity contribution in [2.45, 2.75) is 18.9 Å². The maximum Gasteiger partial charge on any atom is 0.231 e. The van der Waals surface area contributed by atoms with E-state index in [2.05, 4.69) is 16.0 Å². The van der Waals surface area contributed by atoms with Crippen LogP contribution in [-0.2, 0) is 6.42 Å². The van der Waals surface area contributed by atoms with Crippen LogP contribution in [0.3, 0.4) is 0 Å². The molecule has 2 aromatic carbocycles. The molecule has 0 bridgehead atoms. The third-order valence-electron chi connectivity index (χ3n) is 4.24. The number of aryl methyl sites for hydroxylation is 1. The predicted molar refractivity (Wildman–Crippen MR) is 90.1 cm³/mol. The van der Waals surface area contributed by atoms with Crippen molar-refractivity contribution in [1.82, 2.24) is 9.97 Å². The summed E-state index contributed by atoms with van der Waals surface area (Å²) in [5, 5.41) is 8.95. The summed E-state index contributed by atoms with van der Waals surface area (Å²) in [6.45, 7) is 0.441. The van der Waals surface area contributed by atoms with E-state index in [1.54, 1.807) is 0 Å². The van der Waals surface area contributed by atoms with Gasteiger partial charge in [0.25, 0.3) is 0 Å². The summed E-state index contributed by atoms with van der Waals surface area (Å²) in [7, 11) is 0. The lowest BCUT2D eigenvalue weighted by Gasteiger charge is -2.09. The number of benzene rings is 2. The summed E-state index contributed by atoms with van der Waals surface area (Å²) in [4.78, 5) is 7.91. The highest BCUT2D eigenvalue weighted by Gasteiger charge is 2.19. The Kier molecular flexibility index (Phi) is 3.84. The molecule has 4 rings (SSSR count). The van der Waals surface area contributed by atoms with E-state index >= 15 is 0 Å². The molecule has 2 heterocycles. The van der Waals surface area contributed by atoms with E-state index in [-0.39, 0.29) is 19.4 Å². The van der Waals surface area contributed by atoms with E-state index in [1.165, 1.54) is 5.56 Å². The summed E-state index contributed by atoms with van der Waals surface area (Å²) in [6.07, 6.45) is 1.60. The molecule has 0 saturated heterocycles. The first-order valence-corrected chi connectivity index (χ1v) is 7.99. The Morgan fingerprint density at radius 2 is 2.04 bits per heavy atom. The van der Waals surface area contributed by atoms with Gasteiger partial charge in [0.05, 0.1) is 17.1 Å². The van der Waals surface area contributed by atoms with Crippen LogP contribution in [-0.4, -0.2) is 28.5 Å². The molecule has 6 heteroatoms. The second-order valence-corrected chi connectivity index (χ2v) is 5.89. The lowest BCUT2D eigenvalue weighted by atomic mass is 10.1. The number of fused-ring (bicyclic) bond motifs is 2. The van der Waals surface area contributed by atoms with Crippen LogP contribution in [0.4, 0.5) is 0 Å². The lowest BCUT2D eigenvalue weighted by molar-refractivity contribution is 0.174. The van der Waals surface area contributed by atoms with Crippen molar-refractivity contribution < 1.29 is 14.6 Å². The second-order valence-electron chi connectivity index (χ2n) is 5.89. The molecule has 4 N–H and O–H groups in total. The quantitative estimate of drug-likeness (QED) is 0.669. The molecule has 0 saturated carbocycles. The number of ether oxygens (including phenoxy) is 2. The van der Waals surface area contributed by atoms with Gasteiger partial charge in [-0.1, -0.05) is 12.1 Å². The highest BCUT2D eigenvalue weighted by Crippen LogP contribution is 2.34. The van der Waals surface area contributed by atoms with Gasteiger partial charge in [-0.25, -0.2) is 4.98 Å². The van der Waals surface area contributed by atoms with Gasteiger partial charge in [0.2, 0.25) is 6.79 Å². The van der Waals surface area contributed by atoms with E-state index < -0.39 is 0 Å². The molecule has 6 nitrogen and oxygen atoms in total. The molecule has 0 fully saturated rings. The molecular formula is C18H19N3O3. The number of H-pyrrole nitrogens is 1. The van der Waals surface area contributed by atoms with Gasteiger partial charge in [0.15, 0.2) is 11.5 Å². The van der Waals surface area contributed by atoms with Gasteiger partial charge >= 0.3 is 0 Å². The fraction of sp³-hybridized carbons (Fsp3) is 0.278. The molecule has 24 heavy (non-hydrogen) atoms. The molecule has 1 aromatic heterocycles. The minimum atomic E-state index is -0.368. The van der Waals surface area contributed by atoms with E-state index in [0.717, 1.165) is 35.2 Å². The number of rotatable bonds is 5. The predicted octanol–water partition coefficient (Wildman–Crippen LogP) is 2.26. The van der Waals surface area contributed by atoms with Crippen LogP contribution in [0, 0.1) is 0 Å². The molecule has 0 amide bonds. The number of hydrogen-bond donors (Lipinski definition) is 3. The van der Waals surface area contributed by atoms with Gasteiger partial charge in [0.1, 0.15) is 5.82 Å². The topological polar surface area (TPSA) is 93.4 Å². The monoisotopic (exact) mass is 325 g/mol. The minimum Gasteiger partial charge on any atom is -0.454 e. The second kappa shape index (κ2) is 6.14. The Morgan fingerprint density at radius 1 is 1.17 bits per heavy atom. The van der Waals surface area contributed by atoms with Crippen molar-refractivity contribution in [3.63, 3.8) is 0 Å². The van der Waals surface area contributed by atoms with E-state index in [9.17, 15) is 0 Å². The van der Waals surface area contributed by atoms with Crippen molar-refractivity contribution in [1.29, 1.82) is 0 Å². The maximum absolute atomic E-state index is 8.95. The zero-order chi connectivity index (χ0) is 16.5. The third kappa shape index (κ3) is 2.70. The van der Waals surface area contributed by atoms with Crippen LogP contribution in [0.25, 0.3) is 11.0 Å². The van der Waals surface area contributed by atoms with Crippen LogP contribution >= 0.6 is 0 Å². The number of aromatic nitrogens is 2. The highest BCUT2D eigenvalue weighted by atomic mass is 16.7. The Bertz CT molecular complexity index is 875. The lowest BCUT2D eigenvalue weighted by Crippen LogP contribution is -2.13. The first-order valence-electron chi connectivity index (χ1n) is 7.99. The van der Waals surface area contributed by atoms with Crippen LogP contribution in [0.5, 0.6) is 11.5 Å². The van der Waals surface area contributed by atoms with Gasteiger partial charge in [-0.05, 0) is 48.2 Å². The fourth-order valence-corrected chi connectivity index (χ4v) is 2.93.